The van der Waals surface area contributed by atoms with Crippen molar-refractivity contribution >= 4 is 0 Å². The number of halogens is 2. The molecule has 0 aromatic heterocycles. The summed E-state index contributed by atoms with van der Waals surface area (Å²) in [5.74, 6) is -0.627. The molecule has 2 aromatic rings. The number of ether oxygens (including phenoxy) is 1. The van der Waals surface area contributed by atoms with Gasteiger partial charge in [-0.1, -0.05) is 24.3 Å². The van der Waals surface area contributed by atoms with Gasteiger partial charge in [-0.05, 0) is 48.2 Å². The largest absolute Gasteiger partial charge is 0.377 e. The molecule has 22 heavy (non-hydrogen) atoms. The average molecular weight is 303 g/mol. The van der Waals surface area contributed by atoms with Gasteiger partial charge in [0.1, 0.15) is 11.6 Å². The lowest BCUT2D eigenvalue weighted by Gasteiger charge is -2.34. The van der Waals surface area contributed by atoms with Gasteiger partial charge in [0.05, 0.1) is 6.10 Å². The van der Waals surface area contributed by atoms with E-state index in [0.717, 1.165) is 24.0 Å². The van der Waals surface area contributed by atoms with Gasteiger partial charge in [0.15, 0.2) is 0 Å². The van der Waals surface area contributed by atoms with E-state index in [-0.39, 0.29) is 29.7 Å². The molecule has 1 aliphatic rings. The fraction of sp³-hybridized carbons (Fsp3) is 0.333. The molecule has 3 rings (SSSR count). The third-order valence-corrected chi connectivity index (χ3v) is 4.19. The van der Waals surface area contributed by atoms with E-state index < -0.39 is 0 Å². The minimum absolute atomic E-state index is 0.0763. The topological polar surface area (TPSA) is 35.2 Å². The van der Waals surface area contributed by atoms with Crippen LogP contribution in [-0.2, 0) is 4.74 Å². The molecule has 2 N–H and O–H groups in total. The lowest BCUT2D eigenvalue weighted by atomic mass is 9.82. The molecular weight excluding hydrogens is 284 g/mol. The van der Waals surface area contributed by atoms with Gasteiger partial charge in [0.25, 0.3) is 0 Å². The van der Waals surface area contributed by atoms with Crippen LogP contribution in [0.1, 0.15) is 29.9 Å². The van der Waals surface area contributed by atoms with Gasteiger partial charge in [-0.3, -0.25) is 0 Å². The molecular formula is C18H19F2NO. The number of hydrogen-bond donors (Lipinski definition) is 1. The van der Waals surface area contributed by atoms with E-state index in [4.69, 9.17) is 10.5 Å². The molecule has 0 radical (unpaired) electrons. The lowest BCUT2D eigenvalue weighted by Crippen LogP contribution is -2.38. The predicted molar refractivity (Wildman–Crippen MR) is 81.6 cm³/mol. The summed E-state index contributed by atoms with van der Waals surface area (Å²) in [7, 11) is 0. The van der Waals surface area contributed by atoms with Crippen molar-refractivity contribution in [1.82, 2.24) is 0 Å². The van der Waals surface area contributed by atoms with Crippen molar-refractivity contribution in [2.75, 3.05) is 6.61 Å². The highest BCUT2D eigenvalue weighted by Gasteiger charge is 2.30. The van der Waals surface area contributed by atoms with E-state index in [1.807, 2.05) is 0 Å². The van der Waals surface area contributed by atoms with Crippen LogP contribution in [0, 0.1) is 11.6 Å². The molecule has 1 saturated heterocycles. The first-order valence-corrected chi connectivity index (χ1v) is 7.51. The minimum atomic E-state index is -0.275. The van der Waals surface area contributed by atoms with E-state index in [2.05, 4.69) is 0 Å². The van der Waals surface area contributed by atoms with Crippen LogP contribution in [-0.4, -0.2) is 18.8 Å². The van der Waals surface area contributed by atoms with Crippen LogP contribution in [0.5, 0.6) is 0 Å². The van der Waals surface area contributed by atoms with Crippen LogP contribution in [0.2, 0.25) is 0 Å². The summed E-state index contributed by atoms with van der Waals surface area (Å²) in [6.45, 7) is 0.616. The van der Waals surface area contributed by atoms with Crippen LogP contribution >= 0.6 is 0 Å². The van der Waals surface area contributed by atoms with Crippen molar-refractivity contribution in [2.45, 2.75) is 30.9 Å². The molecule has 0 spiro atoms. The van der Waals surface area contributed by atoms with Crippen molar-refractivity contribution in [3.8, 4) is 0 Å². The second-order valence-electron chi connectivity index (χ2n) is 5.77. The molecule has 4 heteroatoms. The van der Waals surface area contributed by atoms with Gasteiger partial charge >= 0.3 is 0 Å². The summed E-state index contributed by atoms with van der Waals surface area (Å²) in [5.41, 5.74) is 7.97. The van der Waals surface area contributed by atoms with Gasteiger partial charge < -0.3 is 10.5 Å². The Bertz CT molecular complexity index is 566. The fourth-order valence-electron chi connectivity index (χ4n) is 3.05. The monoisotopic (exact) mass is 303 g/mol. The van der Waals surface area contributed by atoms with Crippen molar-refractivity contribution in [3.05, 3.63) is 71.3 Å². The second kappa shape index (κ2) is 6.55. The summed E-state index contributed by atoms with van der Waals surface area (Å²) in [6, 6.07) is 12.9. The molecule has 1 heterocycles. The zero-order valence-corrected chi connectivity index (χ0v) is 12.2. The van der Waals surface area contributed by atoms with Crippen LogP contribution in [0.15, 0.2) is 48.5 Å². The van der Waals surface area contributed by atoms with Crippen molar-refractivity contribution < 1.29 is 13.5 Å². The van der Waals surface area contributed by atoms with Crippen molar-refractivity contribution in [1.29, 1.82) is 0 Å². The molecule has 0 aliphatic carbocycles. The fourth-order valence-corrected chi connectivity index (χ4v) is 3.05. The summed E-state index contributed by atoms with van der Waals surface area (Å²) in [4.78, 5) is 0. The molecule has 0 amide bonds. The molecule has 0 bridgehead atoms. The van der Waals surface area contributed by atoms with Crippen LogP contribution in [0.25, 0.3) is 0 Å². The Labute approximate surface area is 128 Å². The summed E-state index contributed by atoms with van der Waals surface area (Å²) < 4.78 is 32.3. The first-order valence-electron chi connectivity index (χ1n) is 7.51. The molecule has 2 nitrogen and oxygen atoms in total. The van der Waals surface area contributed by atoms with Gasteiger partial charge in [-0.2, -0.15) is 0 Å². The van der Waals surface area contributed by atoms with Crippen LogP contribution in [0.4, 0.5) is 8.78 Å². The van der Waals surface area contributed by atoms with E-state index in [1.54, 1.807) is 24.3 Å². The molecule has 2 aromatic carbocycles. The molecule has 0 saturated carbocycles. The first-order chi connectivity index (χ1) is 10.6. The number of hydrogen-bond acceptors (Lipinski definition) is 2. The molecule has 2 atom stereocenters. The van der Waals surface area contributed by atoms with Crippen LogP contribution in [0.3, 0.4) is 0 Å². The SMILES string of the molecule is NC1CCOC(C(c2ccc(F)cc2)c2ccc(F)cc2)C1. The molecule has 1 fully saturated rings. The molecule has 116 valence electrons. The zero-order chi connectivity index (χ0) is 15.5. The van der Waals surface area contributed by atoms with Crippen molar-refractivity contribution in [2.24, 2.45) is 5.73 Å². The predicted octanol–water partition coefficient (Wildman–Crippen LogP) is 3.60. The minimum Gasteiger partial charge on any atom is -0.377 e. The zero-order valence-electron chi connectivity index (χ0n) is 12.2. The molecule has 2 unspecified atom stereocenters. The number of rotatable bonds is 3. The molecule has 1 aliphatic heterocycles. The Balaban J connectivity index is 1.97. The van der Waals surface area contributed by atoms with E-state index in [1.165, 1.54) is 24.3 Å². The Hall–Kier alpha value is -1.78. The van der Waals surface area contributed by atoms with Gasteiger partial charge in [-0.25, -0.2) is 8.78 Å². The Kier molecular flexibility index (Phi) is 4.50. The number of benzene rings is 2. The quantitative estimate of drug-likeness (QED) is 0.940. The Morgan fingerprint density at radius 1 is 0.909 bits per heavy atom. The Morgan fingerprint density at radius 3 is 1.86 bits per heavy atom. The highest BCUT2D eigenvalue weighted by atomic mass is 19.1. The van der Waals surface area contributed by atoms with Crippen LogP contribution < -0.4 is 5.73 Å². The highest BCUT2D eigenvalue weighted by molar-refractivity contribution is 5.34. The third-order valence-electron chi connectivity index (χ3n) is 4.19. The summed E-state index contributed by atoms with van der Waals surface area (Å²) >= 11 is 0. The van der Waals surface area contributed by atoms with Gasteiger partial charge in [0.2, 0.25) is 0 Å². The van der Waals surface area contributed by atoms with Gasteiger partial charge in [-0.15, -0.1) is 0 Å². The maximum atomic E-state index is 13.2. The standard InChI is InChI=1S/C18H19F2NO/c19-14-5-1-12(2-6-14)18(13-3-7-15(20)8-4-13)17-11-16(21)9-10-22-17/h1-8,16-18H,9-11,21H2. The maximum absolute atomic E-state index is 13.2. The summed E-state index contributed by atoms with van der Waals surface area (Å²) in [5, 5.41) is 0. The average Bonchev–Trinajstić information content (AvgIpc) is 2.51. The van der Waals surface area contributed by atoms with E-state index in [9.17, 15) is 8.78 Å². The Morgan fingerprint density at radius 2 is 1.41 bits per heavy atom. The van der Waals surface area contributed by atoms with E-state index >= 15 is 0 Å². The lowest BCUT2D eigenvalue weighted by molar-refractivity contribution is -0.00142. The van der Waals surface area contributed by atoms with E-state index in [0.29, 0.717) is 6.61 Å². The normalized spacial score (nSPS) is 22.0. The first kappa shape index (κ1) is 15.1. The maximum Gasteiger partial charge on any atom is 0.123 e. The van der Waals surface area contributed by atoms with Crippen molar-refractivity contribution in [3.63, 3.8) is 0 Å². The highest BCUT2D eigenvalue weighted by Crippen LogP contribution is 2.34. The number of nitrogens with two attached hydrogens (primary N) is 1. The third kappa shape index (κ3) is 3.34. The van der Waals surface area contributed by atoms with Gasteiger partial charge in [0, 0.05) is 18.6 Å². The smallest absolute Gasteiger partial charge is 0.123 e. The summed E-state index contributed by atoms with van der Waals surface area (Å²) in [6.07, 6.45) is 1.50. The second-order valence-corrected chi connectivity index (χ2v) is 5.77.